The summed E-state index contributed by atoms with van der Waals surface area (Å²) < 4.78 is 4.94. The second kappa shape index (κ2) is 5.70. The van der Waals surface area contributed by atoms with Crippen molar-refractivity contribution in [3.8, 4) is 0 Å². The molecule has 0 aromatic heterocycles. The van der Waals surface area contributed by atoms with E-state index < -0.39 is 12.1 Å². The summed E-state index contributed by atoms with van der Waals surface area (Å²) in [5, 5.41) is 11.2. The van der Waals surface area contributed by atoms with Crippen molar-refractivity contribution in [2.24, 2.45) is 5.92 Å². The van der Waals surface area contributed by atoms with E-state index in [9.17, 15) is 9.59 Å². The molecule has 0 aromatic carbocycles. The summed E-state index contributed by atoms with van der Waals surface area (Å²) >= 11 is 0. The lowest BCUT2D eigenvalue weighted by Crippen LogP contribution is -2.34. The van der Waals surface area contributed by atoms with Crippen molar-refractivity contribution in [1.82, 2.24) is 5.32 Å². The van der Waals surface area contributed by atoms with E-state index in [-0.39, 0.29) is 18.9 Å². The number of nitrogens with one attached hydrogen (secondary N) is 1. The molecular weight excluding hydrogens is 198 g/mol. The maximum Gasteiger partial charge on any atom is 0.306 e. The molecule has 1 unspecified atom stereocenters. The van der Waals surface area contributed by atoms with E-state index in [0.717, 1.165) is 12.8 Å². The van der Waals surface area contributed by atoms with Crippen LogP contribution in [0.1, 0.15) is 25.7 Å². The van der Waals surface area contributed by atoms with Crippen molar-refractivity contribution < 1.29 is 19.4 Å². The Hall–Kier alpha value is -1.10. The molecule has 0 spiro atoms. The van der Waals surface area contributed by atoms with Crippen molar-refractivity contribution in [2.45, 2.75) is 31.8 Å². The van der Waals surface area contributed by atoms with Gasteiger partial charge in [-0.15, -0.1) is 0 Å². The summed E-state index contributed by atoms with van der Waals surface area (Å²) in [6.45, 7) is 0.272. The topological polar surface area (TPSA) is 75.6 Å². The van der Waals surface area contributed by atoms with Crippen LogP contribution in [0.4, 0.5) is 0 Å². The van der Waals surface area contributed by atoms with Gasteiger partial charge in [-0.05, 0) is 18.8 Å². The van der Waals surface area contributed by atoms with Gasteiger partial charge in [0.1, 0.15) is 0 Å². The number of hydrogen-bond donors (Lipinski definition) is 2. The van der Waals surface area contributed by atoms with E-state index in [2.05, 4.69) is 5.32 Å². The highest BCUT2D eigenvalue weighted by Crippen LogP contribution is 2.31. The Morgan fingerprint density at radius 1 is 1.53 bits per heavy atom. The van der Waals surface area contributed by atoms with E-state index >= 15 is 0 Å². The van der Waals surface area contributed by atoms with Crippen LogP contribution in [-0.4, -0.2) is 36.7 Å². The van der Waals surface area contributed by atoms with E-state index in [4.69, 9.17) is 9.84 Å². The lowest BCUT2D eigenvalue weighted by Gasteiger charge is -2.13. The van der Waals surface area contributed by atoms with Crippen LogP contribution in [0.25, 0.3) is 0 Å². The number of rotatable bonds is 7. The molecular formula is C10H17NO4. The van der Waals surface area contributed by atoms with Crippen LogP contribution < -0.4 is 5.32 Å². The van der Waals surface area contributed by atoms with Crippen molar-refractivity contribution in [3.05, 3.63) is 0 Å². The van der Waals surface area contributed by atoms with Gasteiger partial charge in [0.25, 0.3) is 0 Å². The molecule has 0 aliphatic heterocycles. The molecule has 5 heteroatoms. The Balaban J connectivity index is 2.14. The lowest BCUT2D eigenvalue weighted by molar-refractivity contribution is -0.140. The summed E-state index contributed by atoms with van der Waals surface area (Å²) in [6, 6.07) is 0. The highest BCUT2D eigenvalue weighted by atomic mass is 16.5. The average Bonchev–Trinajstić information content (AvgIpc) is 2.95. The van der Waals surface area contributed by atoms with Crippen LogP contribution in [0, 0.1) is 5.92 Å². The molecule has 2 N–H and O–H groups in total. The fourth-order valence-corrected chi connectivity index (χ4v) is 1.32. The highest BCUT2D eigenvalue weighted by molar-refractivity contribution is 5.76. The van der Waals surface area contributed by atoms with Gasteiger partial charge in [0.15, 0.2) is 0 Å². The summed E-state index contributed by atoms with van der Waals surface area (Å²) in [5.74, 6) is -0.381. The fourth-order valence-electron chi connectivity index (χ4n) is 1.32. The van der Waals surface area contributed by atoms with Crippen LogP contribution in [0.15, 0.2) is 0 Å². The molecule has 1 atom stereocenters. The first kappa shape index (κ1) is 12.0. The number of methoxy groups -OCH3 is 1. The van der Waals surface area contributed by atoms with Crippen molar-refractivity contribution >= 4 is 11.9 Å². The number of carboxylic acid groups (broad SMARTS) is 1. The first-order chi connectivity index (χ1) is 7.11. The number of amides is 1. The third kappa shape index (κ3) is 5.37. The van der Waals surface area contributed by atoms with Crippen LogP contribution in [0.5, 0.6) is 0 Å². The maximum absolute atomic E-state index is 11.3. The van der Waals surface area contributed by atoms with Gasteiger partial charge in [0, 0.05) is 20.1 Å². The SMILES string of the molecule is COC(CNC(=O)CC1CC1)CC(=O)O. The monoisotopic (exact) mass is 215 g/mol. The maximum atomic E-state index is 11.3. The molecule has 0 radical (unpaired) electrons. The molecule has 0 heterocycles. The minimum Gasteiger partial charge on any atom is -0.481 e. The fraction of sp³-hybridized carbons (Fsp3) is 0.800. The van der Waals surface area contributed by atoms with Crippen LogP contribution in [-0.2, 0) is 14.3 Å². The summed E-state index contributed by atoms with van der Waals surface area (Å²) in [5.41, 5.74) is 0. The zero-order valence-corrected chi connectivity index (χ0v) is 8.86. The lowest BCUT2D eigenvalue weighted by atomic mass is 10.2. The number of hydrogen-bond acceptors (Lipinski definition) is 3. The smallest absolute Gasteiger partial charge is 0.306 e. The Labute approximate surface area is 88.8 Å². The van der Waals surface area contributed by atoms with Gasteiger partial charge in [0.05, 0.1) is 12.5 Å². The van der Waals surface area contributed by atoms with E-state index in [1.54, 1.807) is 0 Å². The molecule has 0 saturated heterocycles. The minimum atomic E-state index is -0.918. The summed E-state index contributed by atoms with van der Waals surface area (Å²) in [6.07, 6.45) is 2.31. The second-order valence-electron chi connectivity index (χ2n) is 3.91. The number of ether oxygens (including phenoxy) is 1. The third-order valence-electron chi connectivity index (χ3n) is 2.43. The van der Waals surface area contributed by atoms with Gasteiger partial charge in [-0.25, -0.2) is 0 Å². The van der Waals surface area contributed by atoms with Crippen molar-refractivity contribution in [2.75, 3.05) is 13.7 Å². The first-order valence-electron chi connectivity index (χ1n) is 5.13. The Morgan fingerprint density at radius 3 is 2.67 bits per heavy atom. The minimum absolute atomic E-state index is 0.00932. The van der Waals surface area contributed by atoms with Gasteiger partial charge in [-0.1, -0.05) is 0 Å². The summed E-state index contributed by atoms with van der Waals surface area (Å²) in [4.78, 5) is 21.7. The Morgan fingerprint density at radius 2 is 2.20 bits per heavy atom. The molecule has 1 saturated carbocycles. The van der Waals surface area contributed by atoms with Crippen molar-refractivity contribution in [1.29, 1.82) is 0 Å². The average molecular weight is 215 g/mol. The van der Waals surface area contributed by atoms with Crippen LogP contribution in [0.3, 0.4) is 0 Å². The van der Waals surface area contributed by atoms with Gasteiger partial charge in [0.2, 0.25) is 5.91 Å². The zero-order valence-electron chi connectivity index (χ0n) is 8.86. The highest BCUT2D eigenvalue weighted by Gasteiger charge is 2.24. The molecule has 0 aromatic rings. The van der Waals surface area contributed by atoms with E-state index in [0.29, 0.717) is 12.3 Å². The Kier molecular flexibility index (Phi) is 4.55. The number of carbonyl (C=O) groups is 2. The molecule has 1 fully saturated rings. The van der Waals surface area contributed by atoms with Gasteiger partial charge < -0.3 is 15.2 Å². The van der Waals surface area contributed by atoms with Gasteiger partial charge >= 0.3 is 5.97 Å². The number of carboxylic acids is 1. The third-order valence-corrected chi connectivity index (χ3v) is 2.43. The predicted octanol–water partition coefficient (Wildman–Crippen LogP) is 0.392. The Bertz CT molecular complexity index is 238. The molecule has 1 rings (SSSR count). The van der Waals surface area contributed by atoms with Crippen LogP contribution in [0.2, 0.25) is 0 Å². The van der Waals surface area contributed by atoms with Gasteiger partial charge in [-0.3, -0.25) is 9.59 Å². The molecule has 1 aliphatic rings. The molecule has 86 valence electrons. The molecule has 15 heavy (non-hydrogen) atoms. The zero-order chi connectivity index (χ0) is 11.3. The number of carbonyl (C=O) groups excluding carboxylic acids is 1. The van der Waals surface area contributed by atoms with E-state index in [1.807, 2.05) is 0 Å². The number of aliphatic carboxylic acids is 1. The molecule has 1 amide bonds. The van der Waals surface area contributed by atoms with Gasteiger partial charge in [-0.2, -0.15) is 0 Å². The van der Waals surface area contributed by atoms with Crippen LogP contribution >= 0.6 is 0 Å². The quantitative estimate of drug-likeness (QED) is 0.644. The molecule has 1 aliphatic carbocycles. The normalized spacial score (nSPS) is 17.1. The summed E-state index contributed by atoms with van der Waals surface area (Å²) in [7, 11) is 1.45. The predicted molar refractivity (Wildman–Crippen MR) is 53.4 cm³/mol. The molecule has 0 bridgehead atoms. The first-order valence-corrected chi connectivity index (χ1v) is 5.13. The second-order valence-corrected chi connectivity index (χ2v) is 3.91. The molecule has 5 nitrogen and oxygen atoms in total. The largest absolute Gasteiger partial charge is 0.481 e. The van der Waals surface area contributed by atoms with Crippen molar-refractivity contribution in [3.63, 3.8) is 0 Å². The standard InChI is InChI=1S/C10H17NO4/c1-15-8(5-10(13)14)6-11-9(12)4-7-2-3-7/h7-8H,2-6H2,1H3,(H,11,12)(H,13,14). The van der Waals surface area contributed by atoms with E-state index in [1.165, 1.54) is 7.11 Å².